The monoisotopic (exact) mass is 257 g/mol. The molecule has 0 saturated carbocycles. The number of aryl methyl sites for hydroxylation is 2. The Morgan fingerprint density at radius 3 is 2.68 bits per heavy atom. The van der Waals surface area contributed by atoms with Crippen LogP contribution >= 0.6 is 0 Å². The predicted molar refractivity (Wildman–Crippen MR) is 71.9 cm³/mol. The number of nitrogens with one attached hydrogen (secondary N) is 2. The second-order valence-corrected chi connectivity index (χ2v) is 4.42. The molecule has 2 N–H and O–H groups in total. The number of aromatic nitrogens is 2. The average molecular weight is 257 g/mol. The van der Waals surface area contributed by atoms with Gasteiger partial charge >= 0.3 is 0 Å². The van der Waals surface area contributed by atoms with Gasteiger partial charge in [-0.2, -0.15) is 5.10 Å². The van der Waals surface area contributed by atoms with Crippen molar-refractivity contribution in [1.29, 1.82) is 0 Å². The number of benzene rings is 1. The zero-order chi connectivity index (χ0) is 13.8. The fourth-order valence-corrected chi connectivity index (χ4v) is 1.78. The molecule has 19 heavy (non-hydrogen) atoms. The van der Waals surface area contributed by atoms with E-state index in [0.29, 0.717) is 6.54 Å². The molecule has 1 amide bonds. The molecule has 0 spiro atoms. The van der Waals surface area contributed by atoms with Gasteiger partial charge in [-0.25, -0.2) is 5.10 Å². The lowest BCUT2D eigenvalue weighted by atomic mass is 10.1. The largest absolute Gasteiger partial charge is 0.347 e. The van der Waals surface area contributed by atoms with Crippen molar-refractivity contribution in [2.75, 3.05) is 0 Å². The first kappa shape index (κ1) is 13.0. The van der Waals surface area contributed by atoms with E-state index >= 15 is 0 Å². The number of carbonyl (C=O) groups excluding carboxylic acids is 1. The summed E-state index contributed by atoms with van der Waals surface area (Å²) in [7, 11) is 0. The number of nitrogens with zero attached hydrogens (tertiary/aromatic N) is 1. The van der Waals surface area contributed by atoms with E-state index in [-0.39, 0.29) is 17.2 Å². The van der Waals surface area contributed by atoms with Crippen molar-refractivity contribution in [3.63, 3.8) is 0 Å². The Balaban J connectivity index is 2.04. The number of carbonyl (C=O) groups is 1. The van der Waals surface area contributed by atoms with Crippen LogP contribution in [0.3, 0.4) is 0 Å². The summed E-state index contributed by atoms with van der Waals surface area (Å²) in [5.74, 6) is -0.309. The van der Waals surface area contributed by atoms with Gasteiger partial charge in [0, 0.05) is 12.6 Å². The zero-order valence-electron chi connectivity index (χ0n) is 10.9. The molecule has 2 rings (SSSR count). The first-order valence-corrected chi connectivity index (χ1v) is 5.96. The minimum absolute atomic E-state index is 0.198. The summed E-state index contributed by atoms with van der Waals surface area (Å²) in [6, 6.07) is 8.74. The number of aromatic amines is 1. The molecule has 5 nitrogen and oxygen atoms in total. The minimum Gasteiger partial charge on any atom is -0.347 e. The summed E-state index contributed by atoms with van der Waals surface area (Å²) in [6.07, 6.45) is 0. The lowest BCUT2D eigenvalue weighted by Gasteiger charge is -2.08. The van der Waals surface area contributed by atoms with Gasteiger partial charge in [0.25, 0.3) is 11.5 Å². The van der Waals surface area contributed by atoms with Gasteiger partial charge < -0.3 is 5.32 Å². The van der Waals surface area contributed by atoms with Crippen LogP contribution in [0.4, 0.5) is 0 Å². The smallest absolute Gasteiger partial charge is 0.271 e. The van der Waals surface area contributed by atoms with Crippen molar-refractivity contribution in [2.24, 2.45) is 0 Å². The van der Waals surface area contributed by atoms with Crippen LogP contribution in [0, 0.1) is 13.8 Å². The fraction of sp³-hybridized carbons (Fsp3) is 0.214. The van der Waals surface area contributed by atoms with Crippen molar-refractivity contribution >= 4 is 5.91 Å². The highest BCUT2D eigenvalue weighted by Crippen LogP contribution is 2.10. The van der Waals surface area contributed by atoms with Crippen LogP contribution in [0.2, 0.25) is 0 Å². The Labute approximate surface area is 110 Å². The lowest BCUT2D eigenvalue weighted by Crippen LogP contribution is -2.25. The van der Waals surface area contributed by atoms with Gasteiger partial charge in [-0.05, 0) is 31.0 Å². The molecular weight excluding hydrogens is 242 g/mol. The topological polar surface area (TPSA) is 74.8 Å². The number of hydrogen-bond acceptors (Lipinski definition) is 3. The van der Waals surface area contributed by atoms with Gasteiger partial charge in [0.15, 0.2) is 0 Å². The fourth-order valence-electron chi connectivity index (χ4n) is 1.78. The van der Waals surface area contributed by atoms with Crippen LogP contribution in [-0.2, 0) is 6.54 Å². The van der Waals surface area contributed by atoms with E-state index in [4.69, 9.17) is 0 Å². The van der Waals surface area contributed by atoms with Gasteiger partial charge in [0.05, 0.1) is 0 Å². The van der Waals surface area contributed by atoms with E-state index in [2.05, 4.69) is 21.6 Å². The quantitative estimate of drug-likeness (QED) is 0.870. The molecule has 1 aromatic carbocycles. The molecule has 1 aromatic heterocycles. The summed E-state index contributed by atoms with van der Waals surface area (Å²) < 4.78 is 0. The molecule has 0 bridgehead atoms. The molecule has 2 aromatic rings. The first-order chi connectivity index (χ1) is 9.06. The standard InChI is InChI=1S/C14H15N3O2/c1-9-3-4-11(10(2)7-9)8-15-14(19)12-5-6-13(18)17-16-12/h3-7H,8H2,1-2H3,(H,15,19)(H,17,18). The molecule has 1 heterocycles. The summed E-state index contributed by atoms with van der Waals surface area (Å²) in [5.41, 5.74) is 3.25. The minimum atomic E-state index is -0.328. The highest BCUT2D eigenvalue weighted by atomic mass is 16.2. The normalized spacial score (nSPS) is 10.2. The van der Waals surface area contributed by atoms with E-state index in [1.165, 1.54) is 17.7 Å². The summed E-state index contributed by atoms with van der Waals surface area (Å²) in [5, 5.41) is 8.68. The molecule has 5 heteroatoms. The van der Waals surface area contributed by atoms with Gasteiger partial charge in [-0.1, -0.05) is 23.8 Å². The molecule has 0 unspecified atom stereocenters. The first-order valence-electron chi connectivity index (χ1n) is 5.96. The maximum Gasteiger partial charge on any atom is 0.271 e. The predicted octanol–water partition coefficient (Wildman–Crippen LogP) is 1.32. The molecule has 0 saturated heterocycles. The molecule has 0 aliphatic rings. The van der Waals surface area contributed by atoms with E-state index in [0.717, 1.165) is 11.1 Å². The molecule has 0 aliphatic carbocycles. The Morgan fingerprint density at radius 2 is 2.05 bits per heavy atom. The molecule has 98 valence electrons. The second-order valence-electron chi connectivity index (χ2n) is 4.42. The number of H-pyrrole nitrogens is 1. The summed E-state index contributed by atoms with van der Waals surface area (Å²) in [4.78, 5) is 22.7. The van der Waals surface area contributed by atoms with E-state index < -0.39 is 0 Å². The number of rotatable bonds is 3. The third-order valence-electron chi connectivity index (χ3n) is 2.85. The lowest BCUT2D eigenvalue weighted by molar-refractivity contribution is 0.0945. The Kier molecular flexibility index (Phi) is 3.75. The van der Waals surface area contributed by atoms with E-state index in [9.17, 15) is 9.59 Å². The van der Waals surface area contributed by atoms with Crippen molar-refractivity contribution in [3.05, 3.63) is 63.1 Å². The van der Waals surface area contributed by atoms with E-state index in [1.54, 1.807) is 0 Å². The van der Waals surface area contributed by atoms with Crippen molar-refractivity contribution in [3.8, 4) is 0 Å². The number of hydrogen-bond donors (Lipinski definition) is 2. The third-order valence-corrected chi connectivity index (χ3v) is 2.85. The molecule has 0 radical (unpaired) electrons. The average Bonchev–Trinajstić information content (AvgIpc) is 2.38. The SMILES string of the molecule is Cc1ccc(CNC(=O)c2ccc(=O)[nH]n2)c(C)c1. The number of amides is 1. The maximum absolute atomic E-state index is 11.8. The van der Waals surface area contributed by atoms with Crippen LogP contribution in [0.15, 0.2) is 35.1 Å². The Bertz CT molecular complexity index is 641. The Morgan fingerprint density at radius 1 is 1.26 bits per heavy atom. The zero-order valence-corrected chi connectivity index (χ0v) is 10.9. The van der Waals surface area contributed by atoms with Crippen molar-refractivity contribution in [1.82, 2.24) is 15.5 Å². The van der Waals surface area contributed by atoms with Crippen LogP contribution in [0.25, 0.3) is 0 Å². The summed E-state index contributed by atoms with van der Waals surface area (Å²) >= 11 is 0. The van der Waals surface area contributed by atoms with Crippen LogP contribution in [0.1, 0.15) is 27.2 Å². The summed E-state index contributed by atoms with van der Waals surface area (Å²) in [6.45, 7) is 4.47. The molecule has 0 aliphatic heterocycles. The Hall–Kier alpha value is -2.43. The molecular formula is C14H15N3O2. The van der Waals surface area contributed by atoms with Gasteiger partial charge in [0.1, 0.15) is 5.69 Å². The molecule has 0 fully saturated rings. The van der Waals surface area contributed by atoms with E-state index in [1.807, 2.05) is 26.0 Å². The van der Waals surface area contributed by atoms with Gasteiger partial charge in [-0.15, -0.1) is 0 Å². The van der Waals surface area contributed by atoms with Crippen molar-refractivity contribution in [2.45, 2.75) is 20.4 Å². The highest BCUT2D eigenvalue weighted by molar-refractivity contribution is 5.91. The highest BCUT2D eigenvalue weighted by Gasteiger charge is 2.07. The second kappa shape index (κ2) is 5.48. The van der Waals surface area contributed by atoms with Crippen LogP contribution < -0.4 is 10.9 Å². The van der Waals surface area contributed by atoms with Crippen LogP contribution in [0.5, 0.6) is 0 Å². The maximum atomic E-state index is 11.8. The molecule has 0 atom stereocenters. The van der Waals surface area contributed by atoms with Crippen molar-refractivity contribution < 1.29 is 4.79 Å². The van der Waals surface area contributed by atoms with Gasteiger partial charge in [-0.3, -0.25) is 9.59 Å². The van der Waals surface area contributed by atoms with Gasteiger partial charge in [0.2, 0.25) is 0 Å². The third kappa shape index (κ3) is 3.28. The van der Waals surface area contributed by atoms with Crippen LogP contribution in [-0.4, -0.2) is 16.1 Å².